The van der Waals surface area contributed by atoms with Gasteiger partial charge in [0, 0.05) is 24.4 Å². The van der Waals surface area contributed by atoms with Crippen molar-refractivity contribution in [1.82, 2.24) is 9.29 Å². The Hall–Kier alpha value is -0.980. The third-order valence-electron chi connectivity index (χ3n) is 6.47. The second-order valence-corrected chi connectivity index (χ2v) is 9.74. The maximum atomic E-state index is 13.2. The van der Waals surface area contributed by atoms with Crippen molar-refractivity contribution in [3.8, 4) is 0 Å². The van der Waals surface area contributed by atoms with E-state index in [-0.39, 0.29) is 28.9 Å². The van der Waals surface area contributed by atoms with Gasteiger partial charge in [0.15, 0.2) is 0 Å². The van der Waals surface area contributed by atoms with Crippen molar-refractivity contribution in [2.75, 3.05) is 6.54 Å². The Balaban J connectivity index is 1.48. The molecule has 0 radical (unpaired) electrons. The lowest BCUT2D eigenvalue weighted by molar-refractivity contribution is -0.0788. The summed E-state index contributed by atoms with van der Waals surface area (Å²) >= 11 is 0. The minimum atomic E-state index is -3.29. The zero-order valence-electron chi connectivity index (χ0n) is 13.1. The number of ether oxygens (including phenoxy) is 1. The molecule has 1 saturated carbocycles. The molecular weight excluding hydrogens is 312 g/mol. The Labute approximate surface area is 137 Å². The molecule has 3 saturated heterocycles. The summed E-state index contributed by atoms with van der Waals surface area (Å²) in [5.74, 6) is 0. The maximum Gasteiger partial charge on any atom is 0.220 e. The molecule has 0 N–H and O–H groups in total. The SMILES string of the molecule is O=S(=O)(C1CC2CCC1O2)N1CC2(CCC2)C1c1ccncc1. The first-order valence-electron chi connectivity index (χ1n) is 8.66. The van der Waals surface area contributed by atoms with E-state index in [2.05, 4.69) is 4.98 Å². The van der Waals surface area contributed by atoms with Crippen LogP contribution < -0.4 is 0 Å². The fourth-order valence-corrected chi connectivity index (χ4v) is 7.59. The van der Waals surface area contributed by atoms with Crippen LogP contribution in [0.5, 0.6) is 0 Å². The van der Waals surface area contributed by atoms with Crippen molar-refractivity contribution in [2.45, 2.75) is 62.0 Å². The van der Waals surface area contributed by atoms with Gasteiger partial charge < -0.3 is 4.74 Å². The van der Waals surface area contributed by atoms with Gasteiger partial charge in [0.1, 0.15) is 5.25 Å². The first-order valence-corrected chi connectivity index (χ1v) is 10.2. The topological polar surface area (TPSA) is 59.5 Å². The standard InChI is InChI=1S/C17H22N2O3S/c20-23(21,15-10-13-2-3-14(15)22-13)19-11-17(6-1-7-17)16(19)12-4-8-18-9-5-12/h4-5,8-9,13-16H,1-3,6-7,10-11H2. The average Bonchev–Trinajstić information content (AvgIpc) is 3.08. The summed E-state index contributed by atoms with van der Waals surface area (Å²) in [6, 6.07) is 3.95. The van der Waals surface area contributed by atoms with Gasteiger partial charge >= 0.3 is 0 Å². The van der Waals surface area contributed by atoms with Crippen molar-refractivity contribution < 1.29 is 13.2 Å². The zero-order valence-corrected chi connectivity index (χ0v) is 13.9. The van der Waals surface area contributed by atoms with E-state index in [1.54, 1.807) is 16.7 Å². The van der Waals surface area contributed by atoms with Gasteiger partial charge in [0.2, 0.25) is 10.0 Å². The summed E-state index contributed by atoms with van der Waals surface area (Å²) in [6.45, 7) is 0.691. The van der Waals surface area contributed by atoms with Crippen molar-refractivity contribution in [3.63, 3.8) is 0 Å². The summed E-state index contributed by atoms with van der Waals surface area (Å²) < 4.78 is 34.1. The maximum absolute atomic E-state index is 13.2. The minimum Gasteiger partial charge on any atom is -0.374 e. The van der Waals surface area contributed by atoms with E-state index in [4.69, 9.17) is 4.74 Å². The van der Waals surface area contributed by atoms with E-state index in [0.29, 0.717) is 13.0 Å². The molecule has 1 spiro atoms. The van der Waals surface area contributed by atoms with Crippen LogP contribution in [0.4, 0.5) is 0 Å². The highest BCUT2D eigenvalue weighted by molar-refractivity contribution is 7.89. The molecule has 4 unspecified atom stereocenters. The summed E-state index contributed by atoms with van der Waals surface area (Å²) in [6.07, 6.45) is 9.71. The molecule has 4 aliphatic rings. The largest absolute Gasteiger partial charge is 0.374 e. The van der Waals surface area contributed by atoms with Gasteiger partial charge in [-0.05, 0) is 49.8 Å². The molecule has 4 heterocycles. The fourth-order valence-electron chi connectivity index (χ4n) is 5.12. The number of rotatable bonds is 3. The van der Waals surface area contributed by atoms with Crippen LogP contribution in [0.25, 0.3) is 0 Å². The first kappa shape index (κ1) is 14.4. The predicted octanol–water partition coefficient (Wildman–Crippen LogP) is 2.26. The van der Waals surface area contributed by atoms with E-state index in [1.165, 1.54) is 6.42 Å². The quantitative estimate of drug-likeness (QED) is 0.851. The van der Waals surface area contributed by atoms with Gasteiger partial charge in [-0.25, -0.2) is 8.42 Å². The van der Waals surface area contributed by atoms with Crippen LogP contribution in [0.15, 0.2) is 24.5 Å². The van der Waals surface area contributed by atoms with Crippen molar-refractivity contribution in [1.29, 1.82) is 0 Å². The molecule has 124 valence electrons. The zero-order chi connectivity index (χ0) is 15.7. The smallest absolute Gasteiger partial charge is 0.220 e. The number of pyridine rings is 1. The lowest BCUT2D eigenvalue weighted by Crippen LogP contribution is -2.65. The Morgan fingerprint density at radius 3 is 2.57 bits per heavy atom. The third kappa shape index (κ3) is 1.91. The van der Waals surface area contributed by atoms with Crippen molar-refractivity contribution in [2.24, 2.45) is 5.41 Å². The number of hydrogen-bond donors (Lipinski definition) is 0. The molecule has 1 aromatic heterocycles. The highest BCUT2D eigenvalue weighted by Gasteiger charge is 2.62. The first-order chi connectivity index (χ1) is 11.1. The highest BCUT2D eigenvalue weighted by atomic mass is 32.2. The van der Waals surface area contributed by atoms with Crippen LogP contribution in [-0.4, -0.2) is 41.7 Å². The van der Waals surface area contributed by atoms with Gasteiger partial charge in [0.05, 0.1) is 18.2 Å². The Morgan fingerprint density at radius 2 is 2.00 bits per heavy atom. The van der Waals surface area contributed by atoms with Crippen LogP contribution in [-0.2, 0) is 14.8 Å². The molecule has 2 bridgehead atoms. The highest BCUT2D eigenvalue weighted by Crippen LogP contribution is 2.62. The predicted molar refractivity (Wildman–Crippen MR) is 85.2 cm³/mol. The lowest BCUT2D eigenvalue weighted by Gasteiger charge is -2.62. The van der Waals surface area contributed by atoms with Gasteiger partial charge in [-0.1, -0.05) is 6.42 Å². The van der Waals surface area contributed by atoms with Gasteiger partial charge in [-0.2, -0.15) is 4.31 Å². The summed E-state index contributed by atoms with van der Waals surface area (Å²) in [5, 5.41) is -0.331. The lowest BCUT2D eigenvalue weighted by atomic mass is 9.58. The number of hydrogen-bond acceptors (Lipinski definition) is 4. The van der Waals surface area contributed by atoms with Gasteiger partial charge in [-0.3, -0.25) is 4.98 Å². The number of fused-ring (bicyclic) bond motifs is 2. The molecule has 0 aromatic carbocycles. The molecule has 1 aliphatic carbocycles. The molecule has 5 nitrogen and oxygen atoms in total. The number of sulfonamides is 1. The second-order valence-electron chi connectivity index (χ2n) is 7.64. The van der Waals surface area contributed by atoms with Crippen LogP contribution >= 0.6 is 0 Å². The van der Waals surface area contributed by atoms with E-state index in [9.17, 15) is 8.42 Å². The molecular formula is C17H22N2O3S. The van der Waals surface area contributed by atoms with Crippen LogP contribution in [0.2, 0.25) is 0 Å². The summed E-state index contributed by atoms with van der Waals surface area (Å²) in [5.41, 5.74) is 1.27. The molecule has 6 heteroatoms. The Kier molecular flexibility index (Phi) is 2.98. The molecule has 4 fully saturated rings. The van der Waals surface area contributed by atoms with E-state index in [0.717, 1.165) is 31.2 Å². The molecule has 23 heavy (non-hydrogen) atoms. The van der Waals surface area contributed by atoms with E-state index >= 15 is 0 Å². The molecule has 3 aliphatic heterocycles. The van der Waals surface area contributed by atoms with Gasteiger partial charge in [0.25, 0.3) is 0 Å². The monoisotopic (exact) mass is 334 g/mol. The number of nitrogens with zero attached hydrogens (tertiary/aromatic N) is 2. The molecule has 1 aromatic rings. The molecule has 4 atom stereocenters. The number of aromatic nitrogens is 1. The van der Waals surface area contributed by atoms with Crippen LogP contribution in [0.1, 0.15) is 50.1 Å². The Morgan fingerprint density at radius 1 is 1.22 bits per heavy atom. The summed E-state index contributed by atoms with van der Waals surface area (Å²) in [7, 11) is -3.29. The third-order valence-corrected chi connectivity index (χ3v) is 8.72. The fraction of sp³-hybridized carbons (Fsp3) is 0.706. The van der Waals surface area contributed by atoms with Crippen LogP contribution in [0, 0.1) is 5.41 Å². The van der Waals surface area contributed by atoms with Gasteiger partial charge in [-0.15, -0.1) is 0 Å². The Bertz CT molecular complexity index is 717. The van der Waals surface area contributed by atoms with E-state index in [1.807, 2.05) is 12.1 Å². The second kappa shape index (κ2) is 4.77. The minimum absolute atomic E-state index is 0.00313. The summed E-state index contributed by atoms with van der Waals surface area (Å²) in [4.78, 5) is 4.09. The normalized spacial score (nSPS) is 38.4. The average molecular weight is 334 g/mol. The molecule has 5 rings (SSSR count). The van der Waals surface area contributed by atoms with Crippen molar-refractivity contribution in [3.05, 3.63) is 30.1 Å². The van der Waals surface area contributed by atoms with Crippen LogP contribution in [0.3, 0.4) is 0 Å². The molecule has 0 amide bonds. The van der Waals surface area contributed by atoms with Crippen molar-refractivity contribution >= 4 is 10.0 Å². The van der Waals surface area contributed by atoms with E-state index < -0.39 is 10.0 Å².